The first kappa shape index (κ1) is 26.3. The van der Waals surface area contributed by atoms with Gasteiger partial charge in [0, 0.05) is 56.8 Å². The quantitative estimate of drug-likeness (QED) is 0.458. The van der Waals surface area contributed by atoms with Crippen LogP contribution in [0.15, 0.2) is 34.9 Å². The van der Waals surface area contributed by atoms with Crippen LogP contribution in [0.1, 0.15) is 67.0 Å². The maximum atomic E-state index is 13.0. The molecule has 0 bridgehead atoms. The van der Waals surface area contributed by atoms with Gasteiger partial charge in [0.25, 0.3) is 11.8 Å². The number of likely N-dealkylation sites (tertiary alicyclic amines) is 1. The average Bonchev–Trinajstić information content (AvgIpc) is 3.42. The Hall–Kier alpha value is -3.33. The molecule has 0 unspecified atom stereocenters. The molecule has 9 nitrogen and oxygen atoms in total. The van der Waals surface area contributed by atoms with Gasteiger partial charge in [0.15, 0.2) is 0 Å². The fraction of sp³-hybridized carbons (Fsp3) is 0.552. The Labute approximate surface area is 225 Å². The number of amides is 1. The van der Waals surface area contributed by atoms with Crippen molar-refractivity contribution in [3.63, 3.8) is 0 Å². The van der Waals surface area contributed by atoms with E-state index in [4.69, 9.17) is 14.4 Å². The summed E-state index contributed by atoms with van der Waals surface area (Å²) in [6.07, 6.45) is 6.59. The lowest BCUT2D eigenvalue weighted by molar-refractivity contribution is 0.0490. The van der Waals surface area contributed by atoms with E-state index in [0.717, 1.165) is 81.9 Å². The van der Waals surface area contributed by atoms with E-state index in [0.29, 0.717) is 29.6 Å². The van der Waals surface area contributed by atoms with Crippen LogP contribution >= 0.6 is 0 Å². The second-order valence-electron chi connectivity index (χ2n) is 10.6. The first-order valence-corrected chi connectivity index (χ1v) is 14.0. The van der Waals surface area contributed by atoms with Crippen LogP contribution < -0.4 is 4.90 Å². The van der Waals surface area contributed by atoms with Crippen molar-refractivity contribution >= 4 is 11.7 Å². The van der Waals surface area contributed by atoms with Gasteiger partial charge in [0.05, 0.1) is 11.9 Å². The summed E-state index contributed by atoms with van der Waals surface area (Å²) in [5, 5.41) is 8.26. The molecule has 0 radical (unpaired) electrons. The number of hydrogen-bond donors (Lipinski definition) is 0. The van der Waals surface area contributed by atoms with E-state index >= 15 is 0 Å². The third kappa shape index (κ3) is 5.57. The number of benzene rings is 1. The topological polar surface area (TPSA) is 91.5 Å². The third-order valence-electron chi connectivity index (χ3n) is 7.89. The van der Waals surface area contributed by atoms with Crippen LogP contribution in [-0.2, 0) is 6.42 Å². The second-order valence-corrected chi connectivity index (χ2v) is 10.6. The molecule has 2 aliphatic heterocycles. The summed E-state index contributed by atoms with van der Waals surface area (Å²) in [6.45, 7) is 12.9. The molecule has 5 rings (SSSR count). The number of carbonyl (C=O) groups is 1. The van der Waals surface area contributed by atoms with Gasteiger partial charge in [-0.3, -0.25) is 9.69 Å². The summed E-state index contributed by atoms with van der Waals surface area (Å²) < 4.78 is 5.75. The third-order valence-corrected chi connectivity index (χ3v) is 7.89. The minimum Gasteiger partial charge on any atom is -0.419 e. The van der Waals surface area contributed by atoms with Crippen molar-refractivity contribution in [3.05, 3.63) is 53.2 Å². The van der Waals surface area contributed by atoms with Crippen LogP contribution in [0.2, 0.25) is 0 Å². The average molecular weight is 518 g/mol. The minimum absolute atomic E-state index is 0.153. The van der Waals surface area contributed by atoms with Crippen LogP contribution in [0.4, 0.5) is 5.82 Å². The molecule has 3 aromatic rings. The van der Waals surface area contributed by atoms with E-state index in [-0.39, 0.29) is 5.91 Å². The van der Waals surface area contributed by atoms with Gasteiger partial charge in [0.2, 0.25) is 5.89 Å². The first-order valence-electron chi connectivity index (χ1n) is 14.0. The molecule has 0 N–H and O–H groups in total. The highest BCUT2D eigenvalue weighted by atomic mass is 16.4. The highest BCUT2D eigenvalue weighted by molar-refractivity contribution is 5.94. The van der Waals surface area contributed by atoms with E-state index in [9.17, 15) is 4.79 Å². The molecule has 1 amide bonds. The molecule has 0 saturated carbocycles. The van der Waals surface area contributed by atoms with Crippen molar-refractivity contribution in [1.29, 1.82) is 0 Å². The lowest BCUT2D eigenvalue weighted by atomic mass is 9.97. The fourth-order valence-electron chi connectivity index (χ4n) is 5.75. The van der Waals surface area contributed by atoms with Crippen LogP contribution in [0.5, 0.6) is 0 Å². The van der Waals surface area contributed by atoms with Crippen molar-refractivity contribution in [2.24, 2.45) is 0 Å². The molecule has 0 spiro atoms. The lowest BCUT2D eigenvalue weighted by Crippen LogP contribution is -2.58. The largest absolute Gasteiger partial charge is 0.419 e. The van der Waals surface area contributed by atoms with Crippen molar-refractivity contribution < 1.29 is 9.21 Å². The summed E-state index contributed by atoms with van der Waals surface area (Å²) in [4.78, 5) is 29.6. The maximum Gasteiger partial charge on any atom is 0.267 e. The van der Waals surface area contributed by atoms with E-state index in [2.05, 4.69) is 33.8 Å². The second kappa shape index (κ2) is 11.6. The molecule has 1 aromatic carbocycles. The van der Waals surface area contributed by atoms with Crippen molar-refractivity contribution in [1.82, 2.24) is 30.0 Å². The van der Waals surface area contributed by atoms with Crippen molar-refractivity contribution in [2.45, 2.75) is 71.9 Å². The normalized spacial score (nSPS) is 19.2. The monoisotopic (exact) mass is 517 g/mol. The molecule has 2 saturated heterocycles. The Morgan fingerprint density at radius 1 is 1.03 bits per heavy atom. The van der Waals surface area contributed by atoms with Crippen molar-refractivity contribution in [3.8, 4) is 11.6 Å². The molecule has 9 heteroatoms. The number of rotatable bonds is 7. The Balaban J connectivity index is 1.19. The Morgan fingerprint density at radius 3 is 2.47 bits per heavy atom. The van der Waals surface area contributed by atoms with Gasteiger partial charge in [0.1, 0.15) is 11.5 Å². The first-order chi connectivity index (χ1) is 18.5. The summed E-state index contributed by atoms with van der Waals surface area (Å²) in [7, 11) is 0. The van der Waals surface area contributed by atoms with Gasteiger partial charge in [-0.05, 0) is 51.7 Å². The molecule has 2 aromatic heterocycles. The molecule has 0 aliphatic carbocycles. The zero-order chi connectivity index (χ0) is 26.6. The molecule has 2 aliphatic rings. The molecule has 1 atom stereocenters. The summed E-state index contributed by atoms with van der Waals surface area (Å²) in [5.41, 5.74) is 3.47. The zero-order valence-corrected chi connectivity index (χ0v) is 23.1. The van der Waals surface area contributed by atoms with Crippen molar-refractivity contribution in [2.75, 3.05) is 37.6 Å². The molecular formula is C29H39N7O2. The molecule has 2 fully saturated rings. The highest BCUT2D eigenvalue weighted by Crippen LogP contribution is 2.28. The molecular weight excluding hydrogens is 478 g/mol. The Bertz CT molecular complexity index is 1230. The lowest BCUT2D eigenvalue weighted by Gasteiger charge is -2.47. The number of nitrogens with zero attached hydrogens (tertiary/aromatic N) is 7. The number of anilines is 1. The summed E-state index contributed by atoms with van der Waals surface area (Å²) >= 11 is 0. The summed E-state index contributed by atoms with van der Waals surface area (Å²) in [5.74, 6) is 2.15. The highest BCUT2D eigenvalue weighted by Gasteiger charge is 2.35. The van der Waals surface area contributed by atoms with Gasteiger partial charge in [-0.1, -0.05) is 31.5 Å². The Kier molecular flexibility index (Phi) is 8.02. The smallest absolute Gasteiger partial charge is 0.267 e. The zero-order valence-electron chi connectivity index (χ0n) is 23.1. The number of piperidine rings is 1. The van der Waals surface area contributed by atoms with E-state index < -0.39 is 0 Å². The maximum absolute atomic E-state index is 13.0. The molecule has 4 heterocycles. The summed E-state index contributed by atoms with van der Waals surface area (Å²) in [6, 6.07) is 8.87. The molecule has 38 heavy (non-hydrogen) atoms. The predicted octanol–water partition coefficient (Wildman–Crippen LogP) is 4.30. The number of aromatic nitrogens is 4. The van der Waals surface area contributed by atoms with Gasteiger partial charge in [-0.2, -0.15) is 0 Å². The number of aryl methyl sites for hydroxylation is 3. The Morgan fingerprint density at radius 2 is 1.79 bits per heavy atom. The van der Waals surface area contributed by atoms with Crippen LogP contribution in [0, 0.1) is 13.8 Å². The van der Waals surface area contributed by atoms with Gasteiger partial charge in [-0.25, -0.2) is 9.97 Å². The SMILES string of the molecule is CCCc1nnc(-c2cnc(N3CCN(C4CCN(C(=O)c5ccc(C)cc5)CC4)[C@@H](CC)C3)c(C)n2)o1. The molecule has 202 valence electrons. The van der Waals surface area contributed by atoms with Gasteiger partial charge < -0.3 is 14.2 Å². The minimum atomic E-state index is 0.153. The van der Waals surface area contributed by atoms with Crippen LogP contribution in [0.25, 0.3) is 11.6 Å². The number of carbonyl (C=O) groups excluding carboxylic acids is 1. The fourth-order valence-corrected chi connectivity index (χ4v) is 5.75. The number of hydrogen-bond acceptors (Lipinski definition) is 8. The number of piperazine rings is 1. The van der Waals surface area contributed by atoms with E-state index in [1.54, 1.807) is 6.20 Å². The van der Waals surface area contributed by atoms with Crippen LogP contribution in [-0.4, -0.2) is 80.7 Å². The van der Waals surface area contributed by atoms with Gasteiger partial charge >= 0.3 is 0 Å². The standard InChI is InChI=1S/C29H39N7O2/c1-5-7-26-32-33-28(38-26)25-18-30-27(21(4)31-25)35-16-17-36(23(6-2)19-35)24-12-14-34(15-13-24)29(37)22-10-8-20(3)9-11-22/h8-11,18,23-24H,5-7,12-17,19H2,1-4H3/t23-/m0/s1. The van der Waals surface area contributed by atoms with Crippen LogP contribution in [0.3, 0.4) is 0 Å². The van der Waals surface area contributed by atoms with E-state index in [1.807, 2.05) is 43.0 Å². The van der Waals surface area contributed by atoms with Gasteiger partial charge in [-0.15, -0.1) is 10.2 Å². The van der Waals surface area contributed by atoms with E-state index in [1.165, 1.54) is 5.56 Å². The predicted molar refractivity (Wildman–Crippen MR) is 147 cm³/mol.